The Kier molecular flexibility index (Phi) is 4.59. The van der Waals surface area contributed by atoms with Crippen LogP contribution in [0.1, 0.15) is 30.4 Å². The zero-order chi connectivity index (χ0) is 19.9. The van der Waals surface area contributed by atoms with Crippen LogP contribution in [0.25, 0.3) is 11.1 Å². The van der Waals surface area contributed by atoms with Gasteiger partial charge in [-0.15, -0.1) is 0 Å². The van der Waals surface area contributed by atoms with E-state index in [1.165, 1.54) is 11.9 Å². The number of aliphatic carboxylic acids is 1. The van der Waals surface area contributed by atoms with Gasteiger partial charge in [0.2, 0.25) is 0 Å². The first-order chi connectivity index (χ1) is 13.5. The quantitative estimate of drug-likeness (QED) is 0.877. The lowest BCUT2D eigenvalue weighted by molar-refractivity contribution is -0.152. The number of carboxylic acids is 1. The van der Waals surface area contributed by atoms with E-state index in [-0.39, 0.29) is 18.9 Å². The van der Waals surface area contributed by atoms with Crippen LogP contribution in [0.4, 0.5) is 4.79 Å². The Balaban J connectivity index is 1.55. The summed E-state index contributed by atoms with van der Waals surface area (Å²) in [6, 6.07) is 16.2. The number of carboxylic acid groups (broad SMARTS) is 1. The third kappa shape index (κ3) is 2.67. The maximum Gasteiger partial charge on any atom is 0.410 e. The van der Waals surface area contributed by atoms with Gasteiger partial charge in [-0.1, -0.05) is 48.5 Å². The summed E-state index contributed by atoms with van der Waals surface area (Å²) in [5.41, 5.74) is 3.12. The number of amides is 1. The highest BCUT2D eigenvalue weighted by atomic mass is 16.6. The van der Waals surface area contributed by atoms with E-state index >= 15 is 0 Å². The molecule has 6 heteroatoms. The molecule has 2 atom stereocenters. The number of carbonyl (C=O) groups excluding carboxylic acids is 1. The minimum Gasteiger partial charge on any atom is -0.479 e. The van der Waals surface area contributed by atoms with Gasteiger partial charge in [0.25, 0.3) is 0 Å². The van der Waals surface area contributed by atoms with Gasteiger partial charge in [0, 0.05) is 19.4 Å². The summed E-state index contributed by atoms with van der Waals surface area (Å²) in [5, 5.41) is 9.76. The summed E-state index contributed by atoms with van der Waals surface area (Å²) in [6.45, 7) is 2.13. The molecule has 2 unspecified atom stereocenters. The summed E-state index contributed by atoms with van der Waals surface area (Å²) in [4.78, 5) is 25.9. The fraction of sp³-hybridized carbons (Fsp3) is 0.364. The van der Waals surface area contributed by atoms with Crippen molar-refractivity contribution in [2.24, 2.45) is 0 Å². The summed E-state index contributed by atoms with van der Waals surface area (Å²) in [5.74, 6) is -1.14. The highest BCUT2D eigenvalue weighted by Crippen LogP contribution is 2.44. The van der Waals surface area contributed by atoms with Gasteiger partial charge in [-0.3, -0.25) is 4.90 Å². The van der Waals surface area contributed by atoms with Crippen molar-refractivity contribution in [3.63, 3.8) is 0 Å². The zero-order valence-corrected chi connectivity index (χ0v) is 15.9. The van der Waals surface area contributed by atoms with Crippen molar-refractivity contribution in [1.29, 1.82) is 0 Å². The summed E-state index contributed by atoms with van der Waals surface area (Å²) < 4.78 is 11.0. The van der Waals surface area contributed by atoms with E-state index in [0.717, 1.165) is 22.3 Å². The molecule has 28 heavy (non-hydrogen) atoms. The predicted molar refractivity (Wildman–Crippen MR) is 103 cm³/mol. The van der Waals surface area contributed by atoms with Crippen molar-refractivity contribution in [2.45, 2.75) is 30.9 Å². The molecule has 6 nitrogen and oxygen atoms in total. The third-order valence-electron chi connectivity index (χ3n) is 6.10. The maximum absolute atomic E-state index is 12.8. The molecule has 0 radical (unpaired) electrons. The molecule has 146 valence electrons. The molecule has 1 aliphatic carbocycles. The predicted octanol–water partition coefficient (Wildman–Crippen LogP) is 3.50. The Bertz CT molecular complexity index is 881. The first-order valence-electron chi connectivity index (χ1n) is 9.40. The monoisotopic (exact) mass is 381 g/mol. The molecule has 1 aliphatic heterocycles. The highest BCUT2D eigenvalue weighted by Gasteiger charge is 2.54. The average Bonchev–Trinajstić information content (AvgIpc) is 3.24. The molecule has 1 N–H and O–H groups in total. The lowest BCUT2D eigenvalue weighted by Crippen LogP contribution is -2.59. The number of fused-ring (bicyclic) bond motifs is 3. The SMILES string of the molecule is CC1OCCC1(C(=O)O)N(C)C(=O)OCC1c2ccccc2-c2ccccc21. The van der Waals surface area contributed by atoms with Crippen molar-refractivity contribution >= 4 is 12.1 Å². The van der Waals surface area contributed by atoms with Crippen LogP contribution in [0.2, 0.25) is 0 Å². The van der Waals surface area contributed by atoms with Gasteiger partial charge in [-0.25, -0.2) is 9.59 Å². The Morgan fingerprint density at radius 1 is 1.14 bits per heavy atom. The van der Waals surface area contributed by atoms with Crippen LogP contribution in [0.3, 0.4) is 0 Å². The number of hydrogen-bond donors (Lipinski definition) is 1. The van der Waals surface area contributed by atoms with Crippen LogP contribution in [0, 0.1) is 0 Å². The molecule has 2 aromatic carbocycles. The number of nitrogens with zero attached hydrogens (tertiary/aromatic N) is 1. The van der Waals surface area contributed by atoms with E-state index < -0.39 is 23.7 Å². The first-order valence-corrected chi connectivity index (χ1v) is 9.40. The Hall–Kier alpha value is -2.86. The number of benzene rings is 2. The Morgan fingerprint density at radius 2 is 1.71 bits per heavy atom. The molecule has 0 saturated carbocycles. The van der Waals surface area contributed by atoms with Gasteiger partial charge in [-0.05, 0) is 29.2 Å². The second-order valence-corrected chi connectivity index (χ2v) is 7.36. The fourth-order valence-corrected chi connectivity index (χ4v) is 4.45. The number of likely N-dealkylation sites (N-methyl/N-ethyl adjacent to an activating group) is 1. The van der Waals surface area contributed by atoms with E-state index in [1.807, 2.05) is 36.4 Å². The van der Waals surface area contributed by atoms with Crippen LogP contribution >= 0.6 is 0 Å². The third-order valence-corrected chi connectivity index (χ3v) is 6.10. The number of carbonyl (C=O) groups is 2. The fourth-order valence-electron chi connectivity index (χ4n) is 4.45. The molecule has 0 spiro atoms. The van der Waals surface area contributed by atoms with E-state index in [1.54, 1.807) is 6.92 Å². The van der Waals surface area contributed by atoms with Crippen molar-refractivity contribution in [2.75, 3.05) is 20.3 Å². The maximum atomic E-state index is 12.8. The lowest BCUT2D eigenvalue weighted by Gasteiger charge is -2.36. The number of ether oxygens (including phenoxy) is 2. The van der Waals surface area contributed by atoms with Crippen molar-refractivity contribution in [3.05, 3.63) is 59.7 Å². The van der Waals surface area contributed by atoms with Gasteiger partial charge in [-0.2, -0.15) is 0 Å². The summed E-state index contributed by atoms with van der Waals surface area (Å²) >= 11 is 0. The van der Waals surface area contributed by atoms with Gasteiger partial charge < -0.3 is 14.6 Å². The molecular formula is C22H23NO5. The van der Waals surface area contributed by atoms with E-state index in [9.17, 15) is 14.7 Å². The molecule has 1 amide bonds. The molecule has 1 fully saturated rings. The normalized spacial score (nSPS) is 23.1. The molecule has 4 rings (SSSR count). The van der Waals surface area contributed by atoms with E-state index in [2.05, 4.69) is 12.1 Å². The Morgan fingerprint density at radius 3 is 2.21 bits per heavy atom. The summed E-state index contributed by atoms with van der Waals surface area (Å²) in [6.07, 6.45) is -1.01. The smallest absolute Gasteiger partial charge is 0.410 e. The minimum absolute atomic E-state index is 0.0669. The lowest BCUT2D eigenvalue weighted by atomic mass is 9.90. The topological polar surface area (TPSA) is 76.1 Å². The van der Waals surface area contributed by atoms with Crippen LogP contribution in [-0.4, -0.2) is 54.0 Å². The minimum atomic E-state index is -1.40. The zero-order valence-electron chi connectivity index (χ0n) is 15.9. The number of hydrogen-bond acceptors (Lipinski definition) is 4. The Labute approximate surface area is 163 Å². The second-order valence-electron chi connectivity index (χ2n) is 7.36. The van der Waals surface area contributed by atoms with Crippen LogP contribution in [0.5, 0.6) is 0 Å². The van der Waals surface area contributed by atoms with Crippen LogP contribution < -0.4 is 0 Å². The van der Waals surface area contributed by atoms with Crippen molar-refractivity contribution in [3.8, 4) is 11.1 Å². The second kappa shape index (κ2) is 6.95. The van der Waals surface area contributed by atoms with E-state index in [4.69, 9.17) is 9.47 Å². The molecule has 0 bridgehead atoms. The van der Waals surface area contributed by atoms with Crippen LogP contribution in [-0.2, 0) is 14.3 Å². The standard InChI is InChI=1S/C22H23NO5/c1-14-22(20(24)25,11-12-27-14)23(2)21(26)28-13-19-17-9-5-3-7-15(17)16-8-4-6-10-18(16)19/h3-10,14,19H,11-13H2,1-2H3,(H,24,25). The first kappa shape index (κ1) is 18.5. The molecule has 1 heterocycles. The van der Waals surface area contributed by atoms with Gasteiger partial charge in [0.15, 0.2) is 5.54 Å². The average molecular weight is 381 g/mol. The molecular weight excluding hydrogens is 358 g/mol. The van der Waals surface area contributed by atoms with Crippen molar-refractivity contribution in [1.82, 2.24) is 4.90 Å². The van der Waals surface area contributed by atoms with Crippen molar-refractivity contribution < 1.29 is 24.2 Å². The van der Waals surface area contributed by atoms with Gasteiger partial charge >= 0.3 is 12.1 Å². The number of rotatable bonds is 4. The van der Waals surface area contributed by atoms with Gasteiger partial charge in [0.05, 0.1) is 12.7 Å². The van der Waals surface area contributed by atoms with E-state index in [0.29, 0.717) is 6.61 Å². The molecule has 0 aromatic heterocycles. The largest absolute Gasteiger partial charge is 0.479 e. The molecule has 2 aliphatic rings. The van der Waals surface area contributed by atoms with Gasteiger partial charge in [0.1, 0.15) is 6.61 Å². The summed E-state index contributed by atoms with van der Waals surface area (Å²) in [7, 11) is 1.47. The van der Waals surface area contributed by atoms with Crippen LogP contribution in [0.15, 0.2) is 48.5 Å². The highest BCUT2D eigenvalue weighted by molar-refractivity contribution is 5.85. The molecule has 2 aromatic rings. The molecule has 1 saturated heterocycles.